The summed E-state index contributed by atoms with van der Waals surface area (Å²) in [6.45, 7) is 2.18. The van der Waals surface area contributed by atoms with E-state index < -0.39 is 0 Å². The van der Waals surface area contributed by atoms with Crippen LogP contribution in [0.4, 0.5) is 11.4 Å². The lowest BCUT2D eigenvalue weighted by molar-refractivity contribution is 0.971. The van der Waals surface area contributed by atoms with Gasteiger partial charge in [0.25, 0.3) is 0 Å². The van der Waals surface area contributed by atoms with E-state index in [1.807, 2.05) is 0 Å². The number of para-hydroxylation sites is 4. The van der Waals surface area contributed by atoms with Crippen molar-refractivity contribution < 1.29 is 0 Å². The van der Waals surface area contributed by atoms with Crippen LogP contribution < -0.4 is 16.2 Å². The SMILES string of the molecule is Cc1ccccc1Nc1cc2c(cc1-c1cc3ccccc3c3c1Bc1cccc4c5c(n-3c14)C=CCC5)c1ccccc1n2-c1ccccc1. The van der Waals surface area contributed by atoms with Crippen LogP contribution in [0.2, 0.25) is 0 Å². The molecule has 3 heterocycles. The van der Waals surface area contributed by atoms with Crippen LogP contribution in [0.25, 0.3) is 72.1 Å². The molecule has 1 N–H and O–H groups in total. The van der Waals surface area contributed by atoms with Gasteiger partial charge in [-0.15, -0.1) is 0 Å². The predicted octanol–water partition coefficient (Wildman–Crippen LogP) is 10.3. The van der Waals surface area contributed by atoms with E-state index in [1.165, 1.54) is 88.0 Å². The van der Waals surface area contributed by atoms with Gasteiger partial charge in [0.15, 0.2) is 7.28 Å². The number of hydrogen-bond donors (Lipinski definition) is 1. The van der Waals surface area contributed by atoms with Crippen LogP contribution in [0.15, 0.2) is 146 Å². The van der Waals surface area contributed by atoms with Crippen LogP contribution in [0.5, 0.6) is 0 Å². The smallest absolute Gasteiger partial charge is 0.198 e. The molecule has 1 aliphatic heterocycles. The van der Waals surface area contributed by atoms with Gasteiger partial charge in [0.1, 0.15) is 0 Å². The first-order chi connectivity index (χ1) is 25.2. The molecule has 0 atom stereocenters. The second-order valence-electron chi connectivity index (χ2n) is 14.1. The molecular formula is C47H34BN3. The number of hydrogen-bond acceptors (Lipinski definition) is 1. The van der Waals surface area contributed by atoms with Crippen LogP contribution in [0.1, 0.15) is 23.2 Å². The van der Waals surface area contributed by atoms with E-state index in [-0.39, 0.29) is 0 Å². The molecule has 0 unspecified atom stereocenters. The van der Waals surface area contributed by atoms with Crippen molar-refractivity contribution in [3.8, 4) is 22.5 Å². The molecule has 2 aromatic heterocycles. The molecule has 0 saturated heterocycles. The van der Waals surface area contributed by atoms with Gasteiger partial charge in [-0.05, 0) is 95.8 Å². The number of nitrogens with one attached hydrogen (secondary N) is 1. The Kier molecular flexibility index (Phi) is 6.09. The number of aryl methyl sites for hydroxylation is 2. The molecule has 0 radical (unpaired) electrons. The molecule has 240 valence electrons. The highest BCUT2D eigenvalue weighted by atomic mass is 15.0. The van der Waals surface area contributed by atoms with Gasteiger partial charge in [-0.3, -0.25) is 0 Å². The van der Waals surface area contributed by atoms with Crippen molar-refractivity contribution in [2.24, 2.45) is 0 Å². The maximum absolute atomic E-state index is 3.96. The summed E-state index contributed by atoms with van der Waals surface area (Å²) in [5.41, 5.74) is 17.8. The molecule has 9 aromatic rings. The Morgan fingerprint density at radius 3 is 2.29 bits per heavy atom. The van der Waals surface area contributed by atoms with Gasteiger partial charge < -0.3 is 14.5 Å². The van der Waals surface area contributed by atoms with Crippen molar-refractivity contribution in [1.82, 2.24) is 9.13 Å². The third-order valence-corrected chi connectivity index (χ3v) is 11.3. The van der Waals surface area contributed by atoms with Gasteiger partial charge in [0.2, 0.25) is 0 Å². The van der Waals surface area contributed by atoms with Gasteiger partial charge in [-0.1, -0.05) is 109 Å². The molecule has 0 bridgehead atoms. The van der Waals surface area contributed by atoms with Gasteiger partial charge in [-0.25, -0.2) is 0 Å². The largest absolute Gasteiger partial charge is 0.355 e. The maximum atomic E-state index is 3.96. The minimum atomic E-state index is 0.882. The van der Waals surface area contributed by atoms with Crippen molar-refractivity contribution in [3.05, 3.63) is 162 Å². The van der Waals surface area contributed by atoms with Crippen molar-refractivity contribution in [2.45, 2.75) is 19.8 Å². The molecule has 0 saturated carbocycles. The van der Waals surface area contributed by atoms with Crippen LogP contribution >= 0.6 is 0 Å². The zero-order valence-corrected chi connectivity index (χ0v) is 28.4. The lowest BCUT2D eigenvalue weighted by Crippen LogP contribution is -2.37. The highest BCUT2D eigenvalue weighted by molar-refractivity contribution is 6.73. The summed E-state index contributed by atoms with van der Waals surface area (Å²) in [4.78, 5) is 0. The molecule has 2 aliphatic rings. The summed E-state index contributed by atoms with van der Waals surface area (Å²) in [6.07, 6.45) is 6.90. The van der Waals surface area contributed by atoms with Crippen molar-refractivity contribution in [2.75, 3.05) is 5.32 Å². The average molecular weight is 652 g/mol. The Morgan fingerprint density at radius 1 is 0.608 bits per heavy atom. The molecular weight excluding hydrogens is 617 g/mol. The van der Waals surface area contributed by atoms with E-state index in [2.05, 4.69) is 173 Å². The first kappa shape index (κ1) is 28.6. The molecule has 4 heteroatoms. The molecule has 0 spiro atoms. The number of aromatic nitrogens is 2. The molecule has 7 aromatic carbocycles. The fraction of sp³-hybridized carbons (Fsp3) is 0.0638. The van der Waals surface area contributed by atoms with Crippen LogP contribution in [0, 0.1) is 6.92 Å². The van der Waals surface area contributed by atoms with E-state index in [1.54, 1.807) is 0 Å². The lowest BCUT2D eigenvalue weighted by atomic mass is 9.58. The molecule has 1 aliphatic carbocycles. The fourth-order valence-corrected chi connectivity index (χ4v) is 9.02. The van der Waals surface area contributed by atoms with E-state index in [0.717, 1.165) is 37.2 Å². The number of fused-ring (bicyclic) bond motifs is 10. The number of rotatable bonds is 4. The van der Waals surface area contributed by atoms with Gasteiger partial charge in [0.05, 0.1) is 11.0 Å². The summed E-state index contributed by atoms with van der Waals surface area (Å²) >= 11 is 0. The second-order valence-corrected chi connectivity index (χ2v) is 14.1. The quantitative estimate of drug-likeness (QED) is 0.188. The average Bonchev–Trinajstić information content (AvgIpc) is 3.69. The van der Waals surface area contributed by atoms with Gasteiger partial charge in [0, 0.05) is 61.1 Å². The van der Waals surface area contributed by atoms with E-state index in [0.29, 0.717) is 0 Å². The number of allylic oxidation sites excluding steroid dienone is 1. The van der Waals surface area contributed by atoms with Crippen LogP contribution in [-0.2, 0) is 6.42 Å². The standard InChI is InChI=1S/C47H34BN3/c1-29-14-5-10-23-40(29)49-41-28-44-37(34-20-9-11-24-42(34)50(44)31-16-3-2-4-17-31)27-36(41)38-26-30-15-6-7-18-32(30)47-45(38)48-39-22-13-21-35-33-19-8-12-25-43(33)51(47)46(35)39/h2-7,9-18,20-28,48-49H,8,19H2,1H3. The predicted molar refractivity (Wildman–Crippen MR) is 219 cm³/mol. The van der Waals surface area contributed by atoms with E-state index in [4.69, 9.17) is 0 Å². The Bertz CT molecular complexity index is 2930. The van der Waals surface area contributed by atoms with Crippen LogP contribution in [0.3, 0.4) is 0 Å². The van der Waals surface area contributed by atoms with Crippen molar-refractivity contribution in [3.63, 3.8) is 0 Å². The third-order valence-electron chi connectivity index (χ3n) is 11.3. The number of nitrogens with zero attached hydrogens (tertiary/aromatic N) is 2. The maximum Gasteiger partial charge on any atom is 0.198 e. The molecule has 11 rings (SSSR count). The summed E-state index contributed by atoms with van der Waals surface area (Å²) < 4.78 is 5.02. The fourth-order valence-electron chi connectivity index (χ4n) is 9.02. The summed E-state index contributed by atoms with van der Waals surface area (Å²) in [5.74, 6) is 0. The number of benzene rings is 7. The Hall–Kier alpha value is -6.26. The van der Waals surface area contributed by atoms with Gasteiger partial charge in [-0.2, -0.15) is 0 Å². The van der Waals surface area contributed by atoms with Crippen molar-refractivity contribution >= 4 is 79.1 Å². The minimum Gasteiger partial charge on any atom is -0.355 e. The van der Waals surface area contributed by atoms with Crippen molar-refractivity contribution in [1.29, 1.82) is 0 Å². The summed E-state index contributed by atoms with van der Waals surface area (Å²) in [5, 5.41) is 10.4. The number of anilines is 2. The van der Waals surface area contributed by atoms with Crippen LogP contribution in [-0.4, -0.2) is 16.4 Å². The minimum absolute atomic E-state index is 0.882. The zero-order chi connectivity index (χ0) is 33.6. The Labute approximate surface area is 297 Å². The first-order valence-corrected chi connectivity index (χ1v) is 18.1. The Balaban J connectivity index is 1.28. The normalized spacial score (nSPS) is 13.1. The molecule has 0 amide bonds. The zero-order valence-electron chi connectivity index (χ0n) is 28.4. The topological polar surface area (TPSA) is 21.9 Å². The second kappa shape index (κ2) is 10.9. The monoisotopic (exact) mass is 651 g/mol. The van der Waals surface area contributed by atoms with E-state index in [9.17, 15) is 0 Å². The molecule has 51 heavy (non-hydrogen) atoms. The Morgan fingerprint density at radius 2 is 1.39 bits per heavy atom. The summed E-state index contributed by atoms with van der Waals surface area (Å²) in [7, 11) is 0.882. The highest BCUT2D eigenvalue weighted by Crippen LogP contribution is 2.43. The summed E-state index contributed by atoms with van der Waals surface area (Å²) in [6, 6.07) is 51.4. The molecule has 3 nitrogen and oxygen atoms in total. The molecule has 0 fully saturated rings. The third kappa shape index (κ3) is 4.14. The van der Waals surface area contributed by atoms with Gasteiger partial charge >= 0.3 is 0 Å². The lowest BCUT2D eigenvalue weighted by Gasteiger charge is -2.27. The highest BCUT2D eigenvalue weighted by Gasteiger charge is 2.30. The van der Waals surface area contributed by atoms with E-state index >= 15 is 0 Å². The first-order valence-electron chi connectivity index (χ1n) is 18.1.